The Morgan fingerprint density at radius 1 is 0.935 bits per heavy atom. The Hall–Kier alpha value is -3.86. The van der Waals surface area contributed by atoms with Crippen LogP contribution in [0.1, 0.15) is 24.3 Å². The minimum atomic E-state index is -1.96. The summed E-state index contributed by atoms with van der Waals surface area (Å²) >= 11 is 17.7. The van der Waals surface area contributed by atoms with Crippen LogP contribution in [0.5, 0.6) is 11.5 Å². The number of ether oxygens (including phenoxy) is 1. The molecule has 1 saturated carbocycles. The SMILES string of the molecule is COc1ccc(C2C3=CCC4C(=O)N(c5ccc(Nc6ccccc6)cc5)C(=O)C4C3CC3(Cl)C(=O)N(CBr)C(=O)C23Cl)cc1O. The van der Waals surface area contributed by atoms with E-state index in [1.54, 1.807) is 36.4 Å². The molecule has 7 rings (SSSR count). The number of nitrogens with one attached hydrogen (secondary N) is 1. The molecule has 2 aliphatic heterocycles. The van der Waals surface area contributed by atoms with Gasteiger partial charge >= 0.3 is 0 Å². The van der Waals surface area contributed by atoms with Crippen LogP contribution in [0.4, 0.5) is 17.1 Å². The lowest BCUT2D eigenvalue weighted by molar-refractivity contribution is -0.138. The van der Waals surface area contributed by atoms with E-state index >= 15 is 0 Å². The number of phenols is 1. The molecule has 2 N–H and O–H groups in total. The highest BCUT2D eigenvalue weighted by Gasteiger charge is 2.76. The number of halogens is 3. The molecule has 12 heteroatoms. The van der Waals surface area contributed by atoms with E-state index in [0.717, 1.165) is 16.3 Å². The number of hydrogen-bond donors (Lipinski definition) is 2. The fraction of sp³-hybridized carbons (Fsp3) is 0.294. The minimum Gasteiger partial charge on any atom is -0.504 e. The van der Waals surface area contributed by atoms with Crippen molar-refractivity contribution >= 4 is 79.8 Å². The third kappa shape index (κ3) is 4.26. The first-order valence-corrected chi connectivity index (χ1v) is 16.6. The number of aromatic hydroxyl groups is 1. The van der Waals surface area contributed by atoms with Gasteiger partial charge < -0.3 is 15.2 Å². The minimum absolute atomic E-state index is 0.120. The van der Waals surface area contributed by atoms with Crippen molar-refractivity contribution in [2.45, 2.75) is 28.5 Å². The zero-order chi connectivity index (χ0) is 32.5. The number of nitrogens with zero attached hydrogens (tertiary/aromatic N) is 2. The number of allylic oxidation sites excluding steroid dienone is 2. The zero-order valence-electron chi connectivity index (χ0n) is 24.5. The second-order valence-electron chi connectivity index (χ2n) is 12.0. The van der Waals surface area contributed by atoms with Gasteiger partial charge in [0.15, 0.2) is 21.2 Å². The van der Waals surface area contributed by atoms with Gasteiger partial charge in [-0.3, -0.25) is 29.0 Å². The van der Waals surface area contributed by atoms with Gasteiger partial charge in [-0.2, -0.15) is 0 Å². The Bertz CT molecular complexity index is 1820. The molecule has 6 unspecified atom stereocenters. The molecular formula is C34H28BrCl2N3O6. The van der Waals surface area contributed by atoms with Crippen molar-refractivity contribution in [2.75, 3.05) is 22.8 Å². The maximum Gasteiger partial charge on any atom is 0.254 e. The first-order valence-electron chi connectivity index (χ1n) is 14.7. The van der Waals surface area contributed by atoms with Crippen molar-refractivity contribution in [1.82, 2.24) is 4.90 Å². The number of benzene rings is 3. The van der Waals surface area contributed by atoms with Crippen molar-refractivity contribution in [2.24, 2.45) is 17.8 Å². The summed E-state index contributed by atoms with van der Waals surface area (Å²) in [4.78, 5) is 54.2. The van der Waals surface area contributed by atoms with Gasteiger partial charge in [-0.1, -0.05) is 51.8 Å². The quantitative estimate of drug-likeness (QED) is 0.138. The van der Waals surface area contributed by atoms with Crippen molar-refractivity contribution < 1.29 is 29.0 Å². The third-order valence-corrected chi connectivity index (χ3v) is 11.7. The van der Waals surface area contributed by atoms with Crippen LogP contribution >= 0.6 is 39.1 Å². The van der Waals surface area contributed by atoms with Crippen LogP contribution in [0, 0.1) is 17.8 Å². The summed E-state index contributed by atoms with van der Waals surface area (Å²) in [6, 6.07) is 21.3. The summed E-state index contributed by atoms with van der Waals surface area (Å²) in [5, 5.41) is 14.0. The van der Waals surface area contributed by atoms with E-state index in [0.29, 0.717) is 16.8 Å². The van der Waals surface area contributed by atoms with Gasteiger partial charge in [0, 0.05) is 17.3 Å². The number of rotatable bonds is 6. The van der Waals surface area contributed by atoms with Gasteiger partial charge in [-0.25, -0.2) is 0 Å². The Labute approximate surface area is 283 Å². The maximum atomic E-state index is 14.3. The average molecular weight is 725 g/mol. The van der Waals surface area contributed by atoms with Crippen LogP contribution < -0.4 is 15.0 Å². The van der Waals surface area contributed by atoms with Crippen LogP contribution in [0.3, 0.4) is 0 Å². The molecule has 6 atom stereocenters. The largest absolute Gasteiger partial charge is 0.504 e. The molecule has 236 valence electrons. The van der Waals surface area contributed by atoms with E-state index in [9.17, 15) is 24.3 Å². The number of anilines is 3. The first-order chi connectivity index (χ1) is 22.0. The molecule has 3 fully saturated rings. The molecular weight excluding hydrogens is 697 g/mol. The van der Waals surface area contributed by atoms with Gasteiger partial charge in [0.2, 0.25) is 11.8 Å². The first kappa shape index (κ1) is 30.8. The topological polar surface area (TPSA) is 116 Å². The number of methoxy groups -OCH3 is 1. The molecule has 0 radical (unpaired) electrons. The van der Waals surface area contributed by atoms with Crippen molar-refractivity contribution in [3.05, 3.63) is 90.0 Å². The highest BCUT2D eigenvalue weighted by atomic mass is 79.9. The molecule has 0 bridgehead atoms. The van der Waals surface area contributed by atoms with E-state index in [2.05, 4.69) is 21.2 Å². The van der Waals surface area contributed by atoms with Gasteiger partial charge in [-0.15, -0.1) is 23.2 Å². The van der Waals surface area contributed by atoms with Gasteiger partial charge in [0.05, 0.1) is 30.1 Å². The molecule has 2 heterocycles. The number of carbonyl (C=O) groups excluding carboxylic acids is 4. The van der Waals surface area contributed by atoms with Crippen LogP contribution in [0.2, 0.25) is 0 Å². The second-order valence-corrected chi connectivity index (χ2v) is 13.7. The lowest BCUT2D eigenvalue weighted by Crippen LogP contribution is -2.60. The number of para-hydroxylation sites is 1. The van der Waals surface area contributed by atoms with Crippen molar-refractivity contribution in [3.8, 4) is 11.5 Å². The highest BCUT2D eigenvalue weighted by Crippen LogP contribution is 2.65. The molecule has 9 nitrogen and oxygen atoms in total. The molecule has 4 amide bonds. The Kier molecular flexibility index (Phi) is 7.45. The molecule has 0 aromatic heterocycles. The summed E-state index contributed by atoms with van der Waals surface area (Å²) < 4.78 is 5.22. The lowest BCUT2D eigenvalue weighted by Gasteiger charge is -2.50. The number of alkyl halides is 3. The molecule has 3 aromatic rings. The maximum absolute atomic E-state index is 14.3. The number of hydrogen-bond acceptors (Lipinski definition) is 7. The van der Waals surface area contributed by atoms with Crippen molar-refractivity contribution in [3.63, 3.8) is 0 Å². The summed E-state index contributed by atoms with van der Waals surface area (Å²) in [5.74, 6) is -5.24. The smallest absolute Gasteiger partial charge is 0.254 e. The summed E-state index contributed by atoms with van der Waals surface area (Å²) in [5.41, 5.74) is 3.07. The van der Waals surface area contributed by atoms with Crippen LogP contribution in [0.25, 0.3) is 0 Å². The van der Waals surface area contributed by atoms with Crippen LogP contribution in [-0.4, -0.2) is 55.9 Å². The van der Waals surface area contributed by atoms with E-state index in [-0.39, 0.29) is 35.7 Å². The summed E-state index contributed by atoms with van der Waals surface area (Å²) in [7, 11) is 1.41. The van der Waals surface area contributed by atoms with Gasteiger partial charge in [-0.05, 0) is 72.9 Å². The second kappa shape index (κ2) is 11.1. The predicted molar refractivity (Wildman–Crippen MR) is 177 cm³/mol. The monoisotopic (exact) mass is 723 g/mol. The Morgan fingerprint density at radius 2 is 1.63 bits per heavy atom. The van der Waals surface area contributed by atoms with Crippen LogP contribution in [0.15, 0.2) is 84.4 Å². The number of amides is 4. The number of phenolic OH excluding ortho intramolecular Hbond substituents is 1. The van der Waals surface area contributed by atoms with Gasteiger partial charge in [0.25, 0.3) is 11.8 Å². The lowest BCUT2D eigenvalue weighted by atomic mass is 9.56. The number of carbonyl (C=O) groups is 4. The Morgan fingerprint density at radius 3 is 2.28 bits per heavy atom. The standard InChI is InChI=1S/C34H28BrCl2N3O6/c1-46-26-14-7-18(15-25(26)41)28-22-12-13-23-27(24(22)16-33(36)31(44)39(17-35)32(45)34(28,33)37)30(43)40(29(23)42)21-10-8-20(9-11-21)38-19-5-3-2-4-6-19/h2-12,14-15,23-24,27-28,38,41H,13,16-17H2,1H3. The van der Waals surface area contributed by atoms with E-state index in [4.69, 9.17) is 27.9 Å². The van der Waals surface area contributed by atoms with E-state index < -0.39 is 51.1 Å². The number of imide groups is 2. The molecule has 2 aliphatic carbocycles. The highest BCUT2D eigenvalue weighted by molar-refractivity contribution is 9.09. The summed E-state index contributed by atoms with van der Waals surface area (Å²) in [6.45, 7) is 0. The normalized spacial score (nSPS) is 30.1. The summed E-state index contributed by atoms with van der Waals surface area (Å²) in [6.07, 6.45) is 1.97. The molecule has 0 spiro atoms. The van der Waals surface area contributed by atoms with E-state index in [1.807, 2.05) is 36.4 Å². The van der Waals surface area contributed by atoms with Gasteiger partial charge in [0.1, 0.15) is 0 Å². The fourth-order valence-corrected chi connectivity index (χ4v) is 9.08. The molecule has 3 aromatic carbocycles. The predicted octanol–water partition coefficient (Wildman–Crippen LogP) is 6.06. The van der Waals surface area contributed by atoms with E-state index in [1.165, 1.54) is 18.1 Å². The molecule has 46 heavy (non-hydrogen) atoms. The zero-order valence-corrected chi connectivity index (χ0v) is 27.6. The number of likely N-dealkylation sites (tertiary alicyclic amines) is 1. The molecule has 2 saturated heterocycles. The fourth-order valence-electron chi connectivity index (χ4n) is 7.65. The Balaban J connectivity index is 1.28. The van der Waals surface area contributed by atoms with Crippen molar-refractivity contribution in [1.29, 1.82) is 0 Å². The third-order valence-electron chi connectivity index (χ3n) is 9.74. The molecule has 4 aliphatic rings. The average Bonchev–Trinajstić information content (AvgIpc) is 3.39. The van der Waals surface area contributed by atoms with Crippen LogP contribution in [-0.2, 0) is 19.2 Å². The number of fused-ring (bicyclic) bond motifs is 4.